The zero-order valence-corrected chi connectivity index (χ0v) is 13.6. The number of anilines is 1. The molecule has 0 bridgehead atoms. The van der Waals surface area contributed by atoms with Crippen LogP contribution in [0.5, 0.6) is 0 Å². The number of hydrogen-bond donors (Lipinski definition) is 1. The lowest BCUT2D eigenvalue weighted by molar-refractivity contribution is 0.102. The third-order valence-electron chi connectivity index (χ3n) is 2.91. The average Bonchev–Trinajstić information content (AvgIpc) is 2.56. The fourth-order valence-electron chi connectivity index (χ4n) is 1.85. The second kappa shape index (κ2) is 8.24. The molecule has 6 heteroatoms. The van der Waals surface area contributed by atoms with E-state index in [9.17, 15) is 4.79 Å². The van der Waals surface area contributed by atoms with Gasteiger partial charge in [-0.25, -0.2) is 0 Å². The fraction of sp³-hybridized carbons (Fsp3) is 0.118. The maximum atomic E-state index is 12.3. The minimum Gasteiger partial charge on any atom is -0.321 e. The molecule has 1 N–H and O–H groups in total. The molecule has 0 aliphatic heterocycles. The molecule has 0 radical (unpaired) electrons. The van der Waals surface area contributed by atoms with Crippen molar-refractivity contribution in [3.63, 3.8) is 0 Å². The van der Waals surface area contributed by atoms with E-state index < -0.39 is 5.25 Å². The third kappa shape index (κ3) is 4.75. The van der Waals surface area contributed by atoms with Gasteiger partial charge in [0.2, 0.25) is 0 Å². The van der Waals surface area contributed by atoms with Crippen LogP contribution in [0, 0.1) is 22.7 Å². The van der Waals surface area contributed by atoms with Crippen molar-refractivity contribution >= 4 is 35.0 Å². The Morgan fingerprint density at radius 2 is 2.00 bits per heavy atom. The predicted octanol–water partition coefficient (Wildman–Crippen LogP) is 4.49. The Balaban J connectivity index is 2.19. The quantitative estimate of drug-likeness (QED) is 0.813. The lowest BCUT2D eigenvalue weighted by Gasteiger charge is -2.12. The number of thioether (sulfide) groups is 1. The largest absolute Gasteiger partial charge is 0.321 e. The second-order valence-electron chi connectivity index (χ2n) is 4.56. The first-order chi connectivity index (χ1) is 11.1. The standard InChI is InChI=1S/C17H12ClN3OS/c18-13-5-3-4-12(10-13)17(22)21-15-6-1-2-7-16(15)23-14(11-20)8-9-19/h1-7,10,14H,8H2,(H,21,22). The van der Waals surface area contributed by atoms with E-state index in [0.717, 1.165) is 4.90 Å². The average molecular weight is 342 g/mol. The molecule has 0 spiro atoms. The lowest BCUT2D eigenvalue weighted by Crippen LogP contribution is -2.12. The molecule has 114 valence electrons. The van der Waals surface area contributed by atoms with Crippen molar-refractivity contribution in [2.75, 3.05) is 5.32 Å². The van der Waals surface area contributed by atoms with E-state index >= 15 is 0 Å². The molecular formula is C17H12ClN3OS. The van der Waals surface area contributed by atoms with Gasteiger partial charge in [0.25, 0.3) is 5.91 Å². The number of nitrogens with zero attached hydrogens (tertiary/aromatic N) is 2. The van der Waals surface area contributed by atoms with Crippen LogP contribution in [0.25, 0.3) is 0 Å². The van der Waals surface area contributed by atoms with Gasteiger partial charge in [0.15, 0.2) is 0 Å². The van der Waals surface area contributed by atoms with Gasteiger partial charge in [-0.3, -0.25) is 4.79 Å². The van der Waals surface area contributed by atoms with Gasteiger partial charge in [0.05, 0.1) is 24.2 Å². The van der Waals surface area contributed by atoms with Crippen molar-refractivity contribution in [3.05, 3.63) is 59.1 Å². The van der Waals surface area contributed by atoms with Crippen LogP contribution in [-0.2, 0) is 0 Å². The molecule has 0 heterocycles. The summed E-state index contributed by atoms with van der Waals surface area (Å²) in [7, 11) is 0. The van der Waals surface area contributed by atoms with Crippen molar-refractivity contribution in [2.24, 2.45) is 0 Å². The van der Waals surface area contributed by atoms with Gasteiger partial charge in [0.1, 0.15) is 5.25 Å². The third-order valence-corrected chi connectivity index (χ3v) is 4.31. The van der Waals surface area contributed by atoms with Crippen LogP contribution in [0.3, 0.4) is 0 Å². The molecule has 0 aliphatic rings. The van der Waals surface area contributed by atoms with Crippen molar-refractivity contribution in [1.82, 2.24) is 0 Å². The molecule has 0 saturated heterocycles. The zero-order chi connectivity index (χ0) is 16.7. The monoisotopic (exact) mass is 341 g/mol. The summed E-state index contributed by atoms with van der Waals surface area (Å²) < 4.78 is 0. The zero-order valence-electron chi connectivity index (χ0n) is 12.0. The van der Waals surface area contributed by atoms with Crippen molar-refractivity contribution < 1.29 is 4.79 Å². The summed E-state index contributed by atoms with van der Waals surface area (Å²) in [5.74, 6) is -0.283. The molecule has 2 aromatic rings. The Morgan fingerprint density at radius 1 is 1.22 bits per heavy atom. The van der Waals surface area contributed by atoms with E-state index in [-0.39, 0.29) is 12.3 Å². The molecule has 4 nitrogen and oxygen atoms in total. The Morgan fingerprint density at radius 3 is 2.70 bits per heavy atom. The summed E-state index contributed by atoms with van der Waals surface area (Å²) in [6, 6.07) is 17.9. The van der Waals surface area contributed by atoms with Crippen molar-refractivity contribution in [2.45, 2.75) is 16.6 Å². The molecule has 0 fully saturated rings. The Hall–Kier alpha value is -2.47. The van der Waals surface area contributed by atoms with Gasteiger partial charge in [-0.2, -0.15) is 10.5 Å². The first kappa shape index (κ1) is 16.9. The minimum absolute atomic E-state index is 0.123. The van der Waals surface area contributed by atoms with E-state index in [1.54, 1.807) is 42.5 Å². The molecule has 2 aromatic carbocycles. The van der Waals surface area contributed by atoms with Crippen LogP contribution in [0.4, 0.5) is 5.69 Å². The van der Waals surface area contributed by atoms with Crippen LogP contribution in [0.15, 0.2) is 53.4 Å². The lowest BCUT2D eigenvalue weighted by atomic mass is 10.2. The van der Waals surface area contributed by atoms with Gasteiger partial charge in [0, 0.05) is 15.5 Å². The van der Waals surface area contributed by atoms with Crippen LogP contribution in [-0.4, -0.2) is 11.2 Å². The van der Waals surface area contributed by atoms with Gasteiger partial charge in [-0.15, -0.1) is 11.8 Å². The first-order valence-electron chi connectivity index (χ1n) is 6.73. The normalized spacial score (nSPS) is 11.1. The number of hydrogen-bond acceptors (Lipinski definition) is 4. The summed E-state index contributed by atoms with van der Waals surface area (Å²) in [6.07, 6.45) is 0.123. The number of nitrogens with one attached hydrogen (secondary N) is 1. The molecule has 1 amide bonds. The summed E-state index contributed by atoms with van der Waals surface area (Å²) in [5, 5.41) is 20.6. The molecular weight excluding hydrogens is 330 g/mol. The molecule has 0 aromatic heterocycles. The van der Waals surface area contributed by atoms with Gasteiger partial charge < -0.3 is 5.32 Å². The highest BCUT2D eigenvalue weighted by atomic mass is 35.5. The molecule has 0 aliphatic carbocycles. The van der Waals surface area contributed by atoms with E-state index in [4.69, 9.17) is 22.1 Å². The highest BCUT2D eigenvalue weighted by Gasteiger charge is 2.14. The van der Waals surface area contributed by atoms with Crippen LogP contribution >= 0.6 is 23.4 Å². The summed E-state index contributed by atoms with van der Waals surface area (Å²) in [5.41, 5.74) is 1.05. The van der Waals surface area contributed by atoms with Crippen LogP contribution in [0.2, 0.25) is 5.02 Å². The topological polar surface area (TPSA) is 76.7 Å². The number of carbonyl (C=O) groups is 1. The Kier molecular flexibility index (Phi) is 6.05. The van der Waals surface area contributed by atoms with E-state index in [2.05, 4.69) is 11.4 Å². The predicted molar refractivity (Wildman–Crippen MR) is 91.3 cm³/mol. The SMILES string of the molecule is N#CCC(C#N)Sc1ccccc1NC(=O)c1cccc(Cl)c1. The van der Waals surface area contributed by atoms with Gasteiger partial charge >= 0.3 is 0 Å². The smallest absolute Gasteiger partial charge is 0.255 e. The Labute approximate surface area is 143 Å². The van der Waals surface area contributed by atoms with E-state index in [1.165, 1.54) is 11.8 Å². The molecule has 1 atom stereocenters. The molecule has 2 rings (SSSR count). The van der Waals surface area contributed by atoms with E-state index in [1.807, 2.05) is 12.1 Å². The molecule has 0 saturated carbocycles. The Bertz CT molecular complexity index is 795. The number of nitriles is 2. The number of amides is 1. The van der Waals surface area contributed by atoms with Gasteiger partial charge in [-0.05, 0) is 30.3 Å². The number of benzene rings is 2. The number of halogens is 1. The number of para-hydroxylation sites is 1. The number of rotatable bonds is 5. The fourth-order valence-corrected chi connectivity index (χ4v) is 2.96. The van der Waals surface area contributed by atoms with Crippen LogP contribution < -0.4 is 5.32 Å². The molecule has 1 unspecified atom stereocenters. The minimum atomic E-state index is -0.482. The van der Waals surface area contributed by atoms with Crippen molar-refractivity contribution in [1.29, 1.82) is 10.5 Å². The highest BCUT2D eigenvalue weighted by Crippen LogP contribution is 2.31. The second-order valence-corrected chi connectivity index (χ2v) is 6.24. The van der Waals surface area contributed by atoms with Gasteiger partial charge in [-0.1, -0.05) is 29.8 Å². The molecule has 23 heavy (non-hydrogen) atoms. The van der Waals surface area contributed by atoms with Crippen LogP contribution in [0.1, 0.15) is 16.8 Å². The van der Waals surface area contributed by atoms with E-state index in [0.29, 0.717) is 16.3 Å². The summed E-state index contributed by atoms with van der Waals surface area (Å²) in [6.45, 7) is 0. The maximum Gasteiger partial charge on any atom is 0.255 e. The maximum absolute atomic E-state index is 12.3. The highest BCUT2D eigenvalue weighted by molar-refractivity contribution is 8.00. The number of carbonyl (C=O) groups excluding carboxylic acids is 1. The summed E-state index contributed by atoms with van der Waals surface area (Å²) >= 11 is 7.15. The van der Waals surface area contributed by atoms with Crippen molar-refractivity contribution in [3.8, 4) is 12.1 Å². The summed E-state index contributed by atoms with van der Waals surface area (Å²) in [4.78, 5) is 13.0. The first-order valence-corrected chi connectivity index (χ1v) is 7.99.